The number of pyridine rings is 1. The zero-order chi connectivity index (χ0) is 14.1. The first kappa shape index (κ1) is 12.8. The average molecular weight is 285 g/mol. The molecule has 0 unspecified atom stereocenters. The molecule has 0 saturated carbocycles. The van der Waals surface area contributed by atoms with Gasteiger partial charge in [-0.15, -0.1) is 0 Å². The smallest absolute Gasteiger partial charge is 0.176 e. The fourth-order valence-electron chi connectivity index (χ4n) is 2.02. The predicted molar refractivity (Wildman–Crippen MR) is 79.2 cm³/mol. The molecule has 0 atom stereocenters. The molecule has 99 valence electrons. The number of phenols is 1. The highest BCUT2D eigenvalue weighted by molar-refractivity contribution is 6.32. The highest BCUT2D eigenvalue weighted by Gasteiger charge is 2.11. The number of benzene rings is 2. The standard InChI is InChI=1S/C16H11ClNO2/c1-20-15-9-11(8-12(17)16(15)19)14-7-6-10-4-2-3-5-13(10)18-14/h2-6,8-9,19H,1H3. The molecule has 0 aliphatic carbocycles. The minimum Gasteiger partial charge on any atom is -0.503 e. The number of halogens is 1. The normalized spacial score (nSPS) is 10.7. The molecule has 1 N–H and O–H groups in total. The van der Waals surface area contributed by atoms with E-state index in [-0.39, 0.29) is 10.8 Å². The molecule has 0 aliphatic heterocycles. The number of nitrogens with zero attached hydrogens (tertiary/aromatic N) is 1. The largest absolute Gasteiger partial charge is 0.503 e. The topological polar surface area (TPSA) is 42.4 Å². The quantitative estimate of drug-likeness (QED) is 0.771. The first-order valence-electron chi connectivity index (χ1n) is 6.03. The lowest BCUT2D eigenvalue weighted by Crippen LogP contribution is -1.89. The van der Waals surface area contributed by atoms with E-state index in [0.717, 1.165) is 16.5 Å². The van der Waals surface area contributed by atoms with Gasteiger partial charge in [-0.1, -0.05) is 29.8 Å². The molecule has 1 heterocycles. The van der Waals surface area contributed by atoms with Gasteiger partial charge >= 0.3 is 0 Å². The van der Waals surface area contributed by atoms with Gasteiger partial charge in [0.25, 0.3) is 0 Å². The van der Waals surface area contributed by atoms with Gasteiger partial charge in [-0.25, -0.2) is 4.98 Å². The SMILES string of the molecule is COc1cc(-c2[c]cc3ccccc3n2)cc(Cl)c1O. The van der Waals surface area contributed by atoms with Crippen LogP contribution in [0, 0.1) is 6.07 Å². The molecule has 3 nitrogen and oxygen atoms in total. The summed E-state index contributed by atoms with van der Waals surface area (Å²) in [5, 5.41) is 11.0. The van der Waals surface area contributed by atoms with Gasteiger partial charge in [0.2, 0.25) is 0 Å². The summed E-state index contributed by atoms with van der Waals surface area (Å²) in [5.74, 6) is 0.245. The lowest BCUT2D eigenvalue weighted by Gasteiger charge is -2.08. The van der Waals surface area contributed by atoms with E-state index in [4.69, 9.17) is 16.3 Å². The molecule has 20 heavy (non-hydrogen) atoms. The molecule has 0 bridgehead atoms. The van der Waals surface area contributed by atoms with Crippen LogP contribution in [0.3, 0.4) is 0 Å². The van der Waals surface area contributed by atoms with E-state index in [1.54, 1.807) is 12.1 Å². The van der Waals surface area contributed by atoms with E-state index < -0.39 is 0 Å². The lowest BCUT2D eigenvalue weighted by atomic mass is 10.1. The molecular weight excluding hydrogens is 274 g/mol. The average Bonchev–Trinajstić information content (AvgIpc) is 2.49. The van der Waals surface area contributed by atoms with E-state index in [1.165, 1.54) is 7.11 Å². The molecule has 0 spiro atoms. The Labute approximate surface area is 121 Å². The molecule has 2 aromatic carbocycles. The summed E-state index contributed by atoms with van der Waals surface area (Å²) in [5.41, 5.74) is 2.28. The zero-order valence-corrected chi connectivity index (χ0v) is 11.5. The van der Waals surface area contributed by atoms with Crippen molar-refractivity contribution in [2.24, 2.45) is 0 Å². The lowest BCUT2D eigenvalue weighted by molar-refractivity contribution is 0.374. The zero-order valence-electron chi connectivity index (χ0n) is 10.7. The molecule has 1 aromatic heterocycles. The van der Waals surface area contributed by atoms with Gasteiger partial charge in [-0.2, -0.15) is 0 Å². The molecule has 3 aromatic rings. The van der Waals surface area contributed by atoms with Crippen molar-refractivity contribution in [2.45, 2.75) is 0 Å². The number of hydrogen-bond donors (Lipinski definition) is 1. The summed E-state index contributed by atoms with van der Waals surface area (Å²) in [6.07, 6.45) is 0. The van der Waals surface area contributed by atoms with Gasteiger partial charge in [0.05, 0.1) is 23.3 Å². The van der Waals surface area contributed by atoms with Crippen molar-refractivity contribution in [3.63, 3.8) is 0 Å². The van der Waals surface area contributed by atoms with Crippen LogP contribution in [0.15, 0.2) is 42.5 Å². The second-order valence-corrected chi connectivity index (χ2v) is 4.72. The Morgan fingerprint density at radius 3 is 2.85 bits per heavy atom. The van der Waals surface area contributed by atoms with Crippen molar-refractivity contribution in [3.05, 3.63) is 53.6 Å². The molecule has 0 amide bonds. The molecular formula is C16H11ClNO2. The van der Waals surface area contributed by atoms with Gasteiger partial charge in [-0.05, 0) is 24.3 Å². The van der Waals surface area contributed by atoms with E-state index >= 15 is 0 Å². The van der Waals surface area contributed by atoms with Crippen LogP contribution in [-0.2, 0) is 0 Å². The third-order valence-corrected chi connectivity index (χ3v) is 3.34. The summed E-state index contributed by atoms with van der Waals surface area (Å²) >= 11 is 5.99. The van der Waals surface area contributed by atoms with Crippen molar-refractivity contribution in [3.8, 4) is 22.8 Å². The van der Waals surface area contributed by atoms with Gasteiger partial charge in [0.15, 0.2) is 11.5 Å². The second-order valence-electron chi connectivity index (χ2n) is 4.32. The number of ether oxygens (including phenoxy) is 1. The van der Waals surface area contributed by atoms with Crippen LogP contribution in [0.5, 0.6) is 11.5 Å². The van der Waals surface area contributed by atoms with Crippen LogP contribution in [0.4, 0.5) is 0 Å². The first-order valence-corrected chi connectivity index (χ1v) is 6.41. The number of fused-ring (bicyclic) bond motifs is 1. The summed E-state index contributed by atoms with van der Waals surface area (Å²) in [6, 6.07) is 16.1. The highest BCUT2D eigenvalue weighted by Crippen LogP contribution is 2.38. The number of aromatic nitrogens is 1. The summed E-state index contributed by atoms with van der Waals surface area (Å²) in [7, 11) is 1.48. The van der Waals surface area contributed by atoms with Crippen LogP contribution in [-0.4, -0.2) is 17.2 Å². The Bertz CT molecular complexity index is 787. The Balaban J connectivity index is 2.17. The first-order chi connectivity index (χ1) is 9.69. The molecule has 0 saturated heterocycles. The van der Waals surface area contributed by atoms with Gasteiger partial charge in [0.1, 0.15) is 0 Å². The fraction of sp³-hybridized carbons (Fsp3) is 0.0625. The van der Waals surface area contributed by atoms with Gasteiger partial charge in [-0.3, -0.25) is 0 Å². The van der Waals surface area contributed by atoms with Crippen LogP contribution in [0.25, 0.3) is 22.2 Å². The third-order valence-electron chi connectivity index (χ3n) is 3.06. The number of rotatable bonds is 2. The van der Waals surface area contributed by atoms with Crippen LogP contribution in [0.2, 0.25) is 5.02 Å². The monoisotopic (exact) mass is 284 g/mol. The number of phenolic OH excluding ortho intramolecular Hbond substituents is 1. The number of aromatic hydroxyl groups is 1. The van der Waals surface area contributed by atoms with Crippen molar-refractivity contribution in [2.75, 3.05) is 7.11 Å². The van der Waals surface area contributed by atoms with Crippen molar-refractivity contribution < 1.29 is 9.84 Å². The maximum atomic E-state index is 9.75. The highest BCUT2D eigenvalue weighted by atomic mass is 35.5. The second kappa shape index (κ2) is 5.02. The minimum absolute atomic E-state index is 0.0706. The summed E-state index contributed by atoms with van der Waals surface area (Å²) in [6.45, 7) is 0. The van der Waals surface area contributed by atoms with E-state index in [9.17, 15) is 5.11 Å². The molecule has 0 aliphatic rings. The molecule has 1 radical (unpaired) electrons. The van der Waals surface area contributed by atoms with Crippen LogP contribution < -0.4 is 4.74 Å². The van der Waals surface area contributed by atoms with Crippen molar-refractivity contribution >= 4 is 22.5 Å². The van der Waals surface area contributed by atoms with Gasteiger partial charge in [0, 0.05) is 17.0 Å². The number of hydrogen-bond acceptors (Lipinski definition) is 3. The van der Waals surface area contributed by atoms with E-state index in [2.05, 4.69) is 11.1 Å². The van der Waals surface area contributed by atoms with Crippen LogP contribution in [0.1, 0.15) is 0 Å². The summed E-state index contributed by atoms with van der Waals surface area (Å²) in [4.78, 5) is 4.54. The summed E-state index contributed by atoms with van der Waals surface area (Å²) < 4.78 is 5.10. The minimum atomic E-state index is -0.0706. The molecule has 3 rings (SSSR count). The number of para-hydroxylation sites is 1. The van der Waals surface area contributed by atoms with Gasteiger partial charge < -0.3 is 9.84 Å². The third kappa shape index (κ3) is 2.17. The Hall–Kier alpha value is -2.26. The van der Waals surface area contributed by atoms with E-state index in [0.29, 0.717) is 11.4 Å². The Kier molecular flexibility index (Phi) is 3.20. The maximum absolute atomic E-state index is 9.75. The molecule has 0 fully saturated rings. The molecule has 4 heteroatoms. The predicted octanol–water partition coefficient (Wildman–Crippen LogP) is 4.07. The van der Waals surface area contributed by atoms with Crippen LogP contribution >= 0.6 is 11.6 Å². The van der Waals surface area contributed by atoms with E-state index in [1.807, 2.05) is 30.3 Å². The fourth-order valence-corrected chi connectivity index (χ4v) is 2.23. The van der Waals surface area contributed by atoms with Crippen molar-refractivity contribution in [1.82, 2.24) is 4.98 Å². The maximum Gasteiger partial charge on any atom is 0.176 e. The Morgan fingerprint density at radius 1 is 1.25 bits per heavy atom. The van der Waals surface area contributed by atoms with Crippen molar-refractivity contribution in [1.29, 1.82) is 0 Å². The number of methoxy groups -OCH3 is 1. The Morgan fingerprint density at radius 2 is 2.05 bits per heavy atom.